The Morgan fingerprint density at radius 3 is 2.62 bits per heavy atom. The van der Waals surface area contributed by atoms with Crippen molar-refractivity contribution in [1.29, 1.82) is 0 Å². The van der Waals surface area contributed by atoms with Crippen LogP contribution in [0.15, 0.2) is 41.8 Å². The number of Topliss-reactive ketones (excluding diaryl/α,β-unsaturated/α-hetero) is 1. The quantitative estimate of drug-likeness (QED) is 0.731. The van der Waals surface area contributed by atoms with Gasteiger partial charge in [-0.25, -0.2) is 0 Å². The molecule has 0 aliphatic carbocycles. The van der Waals surface area contributed by atoms with Crippen LogP contribution in [0.2, 0.25) is 0 Å². The van der Waals surface area contributed by atoms with E-state index in [-0.39, 0.29) is 5.78 Å². The molecule has 0 aliphatic heterocycles. The first kappa shape index (κ1) is 11.1. The lowest BCUT2D eigenvalue weighted by Crippen LogP contribution is -2.03. The van der Waals surface area contributed by atoms with Gasteiger partial charge in [-0.1, -0.05) is 37.3 Å². The predicted molar refractivity (Wildman–Crippen MR) is 68.2 cm³/mol. The van der Waals surface area contributed by atoms with E-state index in [1.807, 2.05) is 41.8 Å². The molecule has 1 aromatic heterocycles. The zero-order valence-corrected chi connectivity index (χ0v) is 10.1. The molecule has 2 rings (SSSR count). The second kappa shape index (κ2) is 5.08. The van der Waals surface area contributed by atoms with Gasteiger partial charge in [-0.3, -0.25) is 4.79 Å². The number of aryl methyl sites for hydroxylation is 1. The molecule has 0 bridgehead atoms. The first-order valence-electron chi connectivity index (χ1n) is 5.44. The van der Waals surface area contributed by atoms with Crippen LogP contribution >= 0.6 is 11.3 Å². The Hall–Kier alpha value is -1.41. The van der Waals surface area contributed by atoms with Gasteiger partial charge in [0.25, 0.3) is 0 Å². The fourth-order valence-corrected chi connectivity index (χ4v) is 2.66. The van der Waals surface area contributed by atoms with E-state index in [4.69, 9.17) is 0 Å². The van der Waals surface area contributed by atoms with E-state index in [2.05, 4.69) is 6.92 Å². The molecule has 0 fully saturated rings. The zero-order chi connectivity index (χ0) is 11.4. The summed E-state index contributed by atoms with van der Waals surface area (Å²) in [5, 5.41) is 2.00. The molecule has 0 saturated heterocycles. The molecule has 0 aliphatic rings. The fraction of sp³-hybridized carbons (Fsp3) is 0.214. The topological polar surface area (TPSA) is 17.1 Å². The van der Waals surface area contributed by atoms with Crippen molar-refractivity contribution in [3.63, 3.8) is 0 Å². The van der Waals surface area contributed by atoms with Crippen LogP contribution in [0.3, 0.4) is 0 Å². The van der Waals surface area contributed by atoms with Crippen LogP contribution in [0.5, 0.6) is 0 Å². The monoisotopic (exact) mass is 230 g/mol. The van der Waals surface area contributed by atoms with Crippen LogP contribution in [0.1, 0.15) is 27.7 Å². The van der Waals surface area contributed by atoms with Crippen molar-refractivity contribution in [2.75, 3.05) is 0 Å². The summed E-state index contributed by atoms with van der Waals surface area (Å²) in [4.78, 5) is 13.0. The van der Waals surface area contributed by atoms with Gasteiger partial charge < -0.3 is 0 Å². The maximum atomic E-state index is 12.1. The molecule has 0 spiro atoms. The number of hydrogen-bond donors (Lipinski definition) is 0. The van der Waals surface area contributed by atoms with Crippen molar-refractivity contribution in [2.45, 2.75) is 19.8 Å². The van der Waals surface area contributed by atoms with Gasteiger partial charge in [-0.15, -0.1) is 11.3 Å². The number of benzene rings is 1. The lowest BCUT2D eigenvalue weighted by molar-refractivity contribution is 0.0996. The Bertz CT molecular complexity index is 470. The van der Waals surface area contributed by atoms with Gasteiger partial charge in [0.2, 0.25) is 0 Å². The van der Waals surface area contributed by atoms with E-state index < -0.39 is 0 Å². The standard InChI is InChI=1S/C14H14OS/c1-2-12-8-9-16-14(12)13(15)10-11-6-4-3-5-7-11/h3-9H,2,10H2,1H3. The molecule has 82 valence electrons. The molecule has 1 nitrogen and oxygen atoms in total. The Morgan fingerprint density at radius 2 is 1.94 bits per heavy atom. The highest BCUT2D eigenvalue weighted by Gasteiger charge is 2.12. The predicted octanol–water partition coefficient (Wildman–Crippen LogP) is 3.74. The van der Waals surface area contributed by atoms with E-state index >= 15 is 0 Å². The molecule has 16 heavy (non-hydrogen) atoms. The molecule has 2 aromatic rings. The molecule has 0 N–H and O–H groups in total. The molecule has 0 saturated carbocycles. The summed E-state index contributed by atoms with van der Waals surface area (Å²) < 4.78 is 0. The number of thiophene rings is 1. The molecule has 0 unspecified atom stereocenters. The molecule has 2 heteroatoms. The van der Waals surface area contributed by atoms with Crippen molar-refractivity contribution < 1.29 is 4.79 Å². The van der Waals surface area contributed by atoms with Crippen molar-refractivity contribution in [2.24, 2.45) is 0 Å². The van der Waals surface area contributed by atoms with Gasteiger partial charge in [0.1, 0.15) is 0 Å². The van der Waals surface area contributed by atoms with Crippen LogP contribution in [-0.2, 0) is 12.8 Å². The van der Waals surface area contributed by atoms with Crippen LogP contribution < -0.4 is 0 Å². The molecule has 1 heterocycles. The van der Waals surface area contributed by atoms with Crippen LogP contribution in [0, 0.1) is 0 Å². The zero-order valence-electron chi connectivity index (χ0n) is 9.27. The number of hydrogen-bond acceptors (Lipinski definition) is 2. The maximum Gasteiger partial charge on any atom is 0.177 e. The average molecular weight is 230 g/mol. The minimum Gasteiger partial charge on any atom is -0.293 e. The second-order valence-corrected chi connectivity index (χ2v) is 4.63. The summed E-state index contributed by atoms with van der Waals surface area (Å²) in [5.41, 5.74) is 2.26. The van der Waals surface area contributed by atoms with Crippen LogP contribution in [0.4, 0.5) is 0 Å². The molecule has 0 radical (unpaired) electrons. The SMILES string of the molecule is CCc1ccsc1C(=O)Cc1ccccc1. The van der Waals surface area contributed by atoms with Crippen molar-refractivity contribution in [1.82, 2.24) is 0 Å². The molecule has 1 aromatic carbocycles. The van der Waals surface area contributed by atoms with Crippen molar-refractivity contribution in [3.8, 4) is 0 Å². The summed E-state index contributed by atoms with van der Waals surface area (Å²) in [6, 6.07) is 11.9. The summed E-state index contributed by atoms with van der Waals surface area (Å²) in [6.07, 6.45) is 1.44. The summed E-state index contributed by atoms with van der Waals surface area (Å²) >= 11 is 1.55. The number of carbonyl (C=O) groups is 1. The van der Waals surface area contributed by atoms with Crippen molar-refractivity contribution >= 4 is 17.1 Å². The van der Waals surface area contributed by atoms with E-state index in [0.717, 1.165) is 16.9 Å². The molecule has 0 amide bonds. The van der Waals surface area contributed by atoms with E-state index in [1.165, 1.54) is 5.56 Å². The average Bonchev–Trinajstić information content (AvgIpc) is 2.78. The number of rotatable bonds is 4. The van der Waals surface area contributed by atoms with E-state index in [9.17, 15) is 4.79 Å². The van der Waals surface area contributed by atoms with Crippen LogP contribution in [-0.4, -0.2) is 5.78 Å². The van der Waals surface area contributed by atoms with Gasteiger partial charge in [-0.05, 0) is 29.0 Å². The lowest BCUT2D eigenvalue weighted by atomic mass is 10.1. The Balaban J connectivity index is 2.15. The third kappa shape index (κ3) is 2.39. The van der Waals surface area contributed by atoms with E-state index in [1.54, 1.807) is 11.3 Å². The highest BCUT2D eigenvalue weighted by molar-refractivity contribution is 7.12. The lowest BCUT2D eigenvalue weighted by Gasteiger charge is -2.01. The van der Waals surface area contributed by atoms with Gasteiger partial charge in [0.05, 0.1) is 4.88 Å². The molecule has 0 atom stereocenters. The van der Waals surface area contributed by atoms with E-state index in [0.29, 0.717) is 6.42 Å². The summed E-state index contributed by atoms with van der Waals surface area (Å²) in [5.74, 6) is 0.234. The highest BCUT2D eigenvalue weighted by atomic mass is 32.1. The second-order valence-electron chi connectivity index (χ2n) is 3.71. The minimum absolute atomic E-state index is 0.234. The van der Waals surface area contributed by atoms with Gasteiger partial charge in [0.15, 0.2) is 5.78 Å². The van der Waals surface area contributed by atoms with Gasteiger partial charge in [-0.2, -0.15) is 0 Å². The Morgan fingerprint density at radius 1 is 1.19 bits per heavy atom. The summed E-state index contributed by atoms with van der Waals surface area (Å²) in [6.45, 7) is 2.08. The Labute approximate surface area is 99.8 Å². The molecular weight excluding hydrogens is 216 g/mol. The van der Waals surface area contributed by atoms with Crippen LogP contribution in [0.25, 0.3) is 0 Å². The first-order chi connectivity index (χ1) is 7.81. The van der Waals surface area contributed by atoms with Gasteiger partial charge in [0, 0.05) is 6.42 Å². The third-order valence-electron chi connectivity index (χ3n) is 2.59. The summed E-state index contributed by atoms with van der Waals surface area (Å²) in [7, 11) is 0. The smallest absolute Gasteiger partial charge is 0.177 e. The first-order valence-corrected chi connectivity index (χ1v) is 6.32. The van der Waals surface area contributed by atoms with Gasteiger partial charge >= 0.3 is 0 Å². The Kier molecular flexibility index (Phi) is 3.52. The fourth-order valence-electron chi connectivity index (χ4n) is 1.72. The third-order valence-corrected chi connectivity index (χ3v) is 3.59. The maximum absolute atomic E-state index is 12.1. The number of ketones is 1. The highest BCUT2D eigenvalue weighted by Crippen LogP contribution is 2.19. The molecular formula is C14H14OS. The number of carbonyl (C=O) groups excluding carboxylic acids is 1. The normalized spacial score (nSPS) is 10.3. The minimum atomic E-state index is 0.234. The van der Waals surface area contributed by atoms with Crippen molar-refractivity contribution in [3.05, 3.63) is 57.8 Å². The largest absolute Gasteiger partial charge is 0.293 e.